The number of hydrogen-bond donors (Lipinski definition) is 2. The summed E-state index contributed by atoms with van der Waals surface area (Å²) in [6, 6.07) is 8.34. The molecule has 3 N–H and O–H groups in total. The summed E-state index contributed by atoms with van der Waals surface area (Å²) in [7, 11) is 0. The van der Waals surface area contributed by atoms with Gasteiger partial charge in [0.05, 0.1) is 5.56 Å². The zero-order valence-electron chi connectivity index (χ0n) is 11.6. The summed E-state index contributed by atoms with van der Waals surface area (Å²) < 4.78 is 0. The molecule has 0 amide bonds. The Morgan fingerprint density at radius 3 is 2.95 bits per heavy atom. The lowest BCUT2D eigenvalue weighted by atomic mass is 10.0. The summed E-state index contributed by atoms with van der Waals surface area (Å²) in [6.45, 7) is 2.03. The van der Waals surface area contributed by atoms with Gasteiger partial charge in [-0.15, -0.1) is 0 Å². The van der Waals surface area contributed by atoms with E-state index in [2.05, 4.69) is 28.2 Å². The summed E-state index contributed by atoms with van der Waals surface area (Å²) in [4.78, 5) is 19.5. The second-order valence-corrected chi connectivity index (χ2v) is 5.36. The van der Waals surface area contributed by atoms with Crippen LogP contribution in [0.4, 0.5) is 5.82 Å². The third-order valence-corrected chi connectivity index (χ3v) is 4.03. The largest absolute Gasteiger partial charge is 0.383 e. The molecule has 0 aliphatic heterocycles. The van der Waals surface area contributed by atoms with E-state index in [-0.39, 0.29) is 11.5 Å². The zero-order valence-corrected chi connectivity index (χ0v) is 11.6. The average Bonchev–Trinajstić information content (AvgIpc) is 2.86. The molecule has 1 aromatic heterocycles. The molecule has 2 aromatic rings. The Kier molecular flexibility index (Phi) is 3.30. The molecular formula is C16H19N3O. The molecule has 0 radical (unpaired) electrons. The van der Waals surface area contributed by atoms with E-state index in [0.717, 1.165) is 19.3 Å². The topological polar surface area (TPSA) is 71.8 Å². The van der Waals surface area contributed by atoms with Gasteiger partial charge >= 0.3 is 0 Å². The molecule has 1 aromatic carbocycles. The quantitative estimate of drug-likeness (QED) is 0.898. The van der Waals surface area contributed by atoms with E-state index in [1.165, 1.54) is 11.1 Å². The van der Waals surface area contributed by atoms with Gasteiger partial charge in [-0.05, 0) is 30.4 Å². The van der Waals surface area contributed by atoms with Crippen LogP contribution >= 0.6 is 0 Å². The number of nitrogens with two attached hydrogens (primary N) is 1. The number of fused-ring (bicyclic) bond motifs is 1. The van der Waals surface area contributed by atoms with Gasteiger partial charge in [0.2, 0.25) is 0 Å². The molecule has 0 spiro atoms. The monoisotopic (exact) mass is 269 g/mol. The first-order valence-corrected chi connectivity index (χ1v) is 7.17. The molecule has 1 unspecified atom stereocenters. The molecule has 1 aliphatic carbocycles. The van der Waals surface area contributed by atoms with Crippen LogP contribution in [0.3, 0.4) is 0 Å². The maximum atomic E-state index is 12.1. The van der Waals surface area contributed by atoms with Crippen molar-refractivity contribution in [2.75, 3.05) is 5.73 Å². The van der Waals surface area contributed by atoms with Gasteiger partial charge in [0.15, 0.2) is 0 Å². The van der Waals surface area contributed by atoms with Gasteiger partial charge < -0.3 is 10.7 Å². The van der Waals surface area contributed by atoms with Gasteiger partial charge in [0, 0.05) is 5.92 Å². The normalized spacial score (nSPS) is 17.1. The Hall–Kier alpha value is -2.10. The maximum absolute atomic E-state index is 12.1. The maximum Gasteiger partial charge on any atom is 0.256 e. The summed E-state index contributed by atoms with van der Waals surface area (Å²) in [5.74, 6) is 1.25. The first kappa shape index (κ1) is 12.9. The minimum Gasteiger partial charge on any atom is -0.383 e. The lowest BCUT2D eigenvalue weighted by molar-refractivity contribution is 0.719. The first-order chi connectivity index (χ1) is 9.70. The van der Waals surface area contributed by atoms with E-state index in [1.807, 2.05) is 13.0 Å². The van der Waals surface area contributed by atoms with Gasteiger partial charge in [-0.2, -0.15) is 0 Å². The van der Waals surface area contributed by atoms with E-state index in [9.17, 15) is 4.79 Å². The highest BCUT2D eigenvalue weighted by Gasteiger charge is 2.26. The number of hydrogen-bond acceptors (Lipinski definition) is 3. The number of nitrogens with one attached hydrogen (secondary N) is 1. The number of aromatic amines is 1. The van der Waals surface area contributed by atoms with Gasteiger partial charge in [-0.3, -0.25) is 4.79 Å². The number of aromatic nitrogens is 2. The van der Waals surface area contributed by atoms with Crippen molar-refractivity contribution in [3.05, 3.63) is 57.1 Å². The Labute approximate surface area is 118 Å². The number of rotatable bonds is 3. The fourth-order valence-corrected chi connectivity index (χ4v) is 3.03. The van der Waals surface area contributed by atoms with Crippen LogP contribution in [0.1, 0.15) is 48.2 Å². The van der Waals surface area contributed by atoms with E-state index in [0.29, 0.717) is 23.6 Å². The van der Waals surface area contributed by atoms with Crippen LogP contribution in [-0.2, 0) is 12.8 Å². The Morgan fingerprint density at radius 2 is 2.20 bits per heavy atom. The Balaban J connectivity index is 2.03. The van der Waals surface area contributed by atoms with E-state index in [1.54, 1.807) is 0 Å². The highest BCUT2D eigenvalue weighted by molar-refractivity contribution is 5.42. The highest BCUT2D eigenvalue weighted by Crippen LogP contribution is 2.36. The van der Waals surface area contributed by atoms with Crippen LogP contribution in [0.25, 0.3) is 0 Å². The molecular weight excluding hydrogens is 250 g/mol. The minimum atomic E-state index is -0.0845. The van der Waals surface area contributed by atoms with E-state index in [4.69, 9.17) is 5.73 Å². The zero-order chi connectivity index (χ0) is 14.1. The van der Waals surface area contributed by atoms with Crippen molar-refractivity contribution in [1.82, 2.24) is 9.97 Å². The van der Waals surface area contributed by atoms with Crippen molar-refractivity contribution < 1.29 is 0 Å². The van der Waals surface area contributed by atoms with Crippen LogP contribution in [0.2, 0.25) is 0 Å². The molecule has 20 heavy (non-hydrogen) atoms. The number of anilines is 1. The average molecular weight is 269 g/mol. The predicted octanol–water partition coefficient (Wildman–Crippen LogP) is 2.38. The van der Waals surface area contributed by atoms with Crippen molar-refractivity contribution in [1.29, 1.82) is 0 Å². The van der Waals surface area contributed by atoms with E-state index < -0.39 is 0 Å². The smallest absolute Gasteiger partial charge is 0.256 e. The minimum absolute atomic E-state index is 0.0845. The highest BCUT2D eigenvalue weighted by atomic mass is 16.1. The molecule has 0 saturated heterocycles. The van der Waals surface area contributed by atoms with Gasteiger partial charge in [-0.25, -0.2) is 4.98 Å². The summed E-state index contributed by atoms with van der Waals surface area (Å²) in [5.41, 5.74) is 9.10. The number of nitrogen functional groups attached to an aromatic ring is 1. The molecule has 1 heterocycles. The molecule has 3 rings (SSSR count). The van der Waals surface area contributed by atoms with Gasteiger partial charge in [-0.1, -0.05) is 37.6 Å². The lowest BCUT2D eigenvalue weighted by Gasteiger charge is -2.12. The van der Waals surface area contributed by atoms with Crippen LogP contribution in [0, 0.1) is 0 Å². The van der Waals surface area contributed by atoms with Crippen molar-refractivity contribution >= 4 is 5.82 Å². The van der Waals surface area contributed by atoms with Crippen molar-refractivity contribution in [3.8, 4) is 0 Å². The Bertz CT molecular complexity index is 690. The fraction of sp³-hybridized carbons (Fsp3) is 0.375. The first-order valence-electron chi connectivity index (χ1n) is 7.17. The molecule has 104 valence electrons. The van der Waals surface area contributed by atoms with Crippen LogP contribution in [0.15, 0.2) is 29.1 Å². The van der Waals surface area contributed by atoms with Crippen molar-refractivity contribution in [2.45, 2.75) is 38.5 Å². The summed E-state index contributed by atoms with van der Waals surface area (Å²) in [5, 5.41) is 0. The van der Waals surface area contributed by atoms with Gasteiger partial charge in [0.25, 0.3) is 5.56 Å². The number of nitrogens with zero attached hydrogens (tertiary/aromatic N) is 1. The lowest BCUT2D eigenvalue weighted by Crippen LogP contribution is -2.21. The SMILES string of the molecule is CCCc1c(N)nc(C2CCc3ccccc32)[nH]c1=O. The Morgan fingerprint density at radius 1 is 1.40 bits per heavy atom. The second-order valence-electron chi connectivity index (χ2n) is 5.36. The van der Waals surface area contributed by atoms with Crippen LogP contribution in [-0.4, -0.2) is 9.97 Å². The van der Waals surface area contributed by atoms with Gasteiger partial charge in [0.1, 0.15) is 11.6 Å². The molecule has 4 nitrogen and oxygen atoms in total. The molecule has 4 heteroatoms. The number of aryl methyl sites for hydroxylation is 1. The molecule has 1 aliphatic rings. The molecule has 1 atom stereocenters. The number of H-pyrrole nitrogens is 1. The molecule has 0 fully saturated rings. The summed E-state index contributed by atoms with van der Waals surface area (Å²) in [6.07, 6.45) is 3.58. The van der Waals surface area contributed by atoms with Crippen molar-refractivity contribution in [3.63, 3.8) is 0 Å². The van der Waals surface area contributed by atoms with E-state index >= 15 is 0 Å². The predicted molar refractivity (Wildman–Crippen MR) is 79.9 cm³/mol. The van der Waals surface area contributed by atoms with Crippen LogP contribution < -0.4 is 11.3 Å². The third kappa shape index (κ3) is 2.11. The van der Waals surface area contributed by atoms with Crippen LogP contribution in [0.5, 0.6) is 0 Å². The molecule has 0 saturated carbocycles. The van der Waals surface area contributed by atoms with Crippen molar-refractivity contribution in [2.24, 2.45) is 0 Å². The second kappa shape index (κ2) is 5.12. The third-order valence-electron chi connectivity index (χ3n) is 4.03. The standard InChI is InChI=1S/C16H19N3O/c1-2-5-13-14(17)18-15(19-16(13)20)12-9-8-10-6-3-4-7-11(10)12/h3-4,6-7,12H,2,5,8-9H2,1H3,(H3,17,18,19,20). The summed E-state index contributed by atoms with van der Waals surface area (Å²) >= 11 is 0. The fourth-order valence-electron chi connectivity index (χ4n) is 3.03. The molecule has 0 bridgehead atoms. The number of benzene rings is 1.